The minimum absolute atomic E-state index is 0.0769. The van der Waals surface area contributed by atoms with E-state index in [0.717, 1.165) is 17.7 Å². The van der Waals surface area contributed by atoms with Gasteiger partial charge in [-0.25, -0.2) is 4.98 Å². The van der Waals surface area contributed by atoms with Gasteiger partial charge in [-0.15, -0.1) is 0 Å². The third-order valence-corrected chi connectivity index (χ3v) is 5.16. The molecule has 0 spiro atoms. The number of nitrogens with zero attached hydrogens (tertiary/aromatic N) is 3. The van der Waals surface area contributed by atoms with Crippen molar-refractivity contribution in [1.82, 2.24) is 20.0 Å². The first kappa shape index (κ1) is 20.6. The molecule has 3 heterocycles. The van der Waals surface area contributed by atoms with Crippen LogP contribution < -0.4 is 10.9 Å². The number of nitrogens with one attached hydrogen (secondary N) is 1. The average Bonchev–Trinajstić information content (AvgIpc) is 3.43. The van der Waals surface area contributed by atoms with Crippen molar-refractivity contribution in [3.8, 4) is 11.3 Å². The molecule has 8 heteroatoms. The predicted octanol–water partition coefficient (Wildman–Crippen LogP) is 3.34. The van der Waals surface area contributed by atoms with Crippen molar-refractivity contribution in [2.75, 3.05) is 0 Å². The lowest BCUT2D eigenvalue weighted by molar-refractivity contribution is -0.121. The van der Waals surface area contributed by atoms with Crippen LogP contribution in [0.2, 0.25) is 0 Å². The number of amides is 1. The lowest BCUT2D eigenvalue weighted by atomic mass is 10.1. The second kappa shape index (κ2) is 8.99. The predicted molar refractivity (Wildman–Crippen MR) is 116 cm³/mol. The highest BCUT2D eigenvalue weighted by atomic mass is 16.5. The minimum atomic E-state index is -0.356. The van der Waals surface area contributed by atoms with E-state index in [1.54, 1.807) is 6.26 Å². The van der Waals surface area contributed by atoms with Gasteiger partial charge in [0.1, 0.15) is 17.0 Å². The van der Waals surface area contributed by atoms with Crippen LogP contribution in [-0.2, 0) is 24.2 Å². The molecule has 0 saturated carbocycles. The molecule has 0 aliphatic carbocycles. The fourth-order valence-corrected chi connectivity index (χ4v) is 3.45. The van der Waals surface area contributed by atoms with Crippen LogP contribution in [0.4, 0.5) is 0 Å². The fourth-order valence-electron chi connectivity index (χ4n) is 3.45. The Labute approximate surface area is 178 Å². The molecule has 31 heavy (non-hydrogen) atoms. The summed E-state index contributed by atoms with van der Waals surface area (Å²) in [4.78, 5) is 29.4. The zero-order valence-electron chi connectivity index (χ0n) is 17.5. The number of aromatic nitrogens is 3. The van der Waals surface area contributed by atoms with E-state index in [-0.39, 0.29) is 36.1 Å². The molecule has 1 aromatic carbocycles. The lowest BCUT2D eigenvalue weighted by Gasteiger charge is -2.12. The first-order valence-electron chi connectivity index (χ1n) is 10.3. The van der Waals surface area contributed by atoms with Gasteiger partial charge in [0, 0.05) is 31.0 Å². The van der Waals surface area contributed by atoms with Gasteiger partial charge in [-0.1, -0.05) is 36.3 Å². The quantitative estimate of drug-likeness (QED) is 0.469. The van der Waals surface area contributed by atoms with Gasteiger partial charge in [-0.2, -0.15) is 0 Å². The fraction of sp³-hybridized carbons (Fsp3) is 0.304. The molecule has 1 N–H and O–H groups in total. The summed E-state index contributed by atoms with van der Waals surface area (Å²) >= 11 is 0. The van der Waals surface area contributed by atoms with Crippen LogP contribution in [0, 0.1) is 0 Å². The number of hydrogen-bond acceptors (Lipinski definition) is 6. The normalized spacial score (nSPS) is 12.2. The van der Waals surface area contributed by atoms with E-state index in [4.69, 9.17) is 8.94 Å². The van der Waals surface area contributed by atoms with Gasteiger partial charge < -0.3 is 14.3 Å². The zero-order chi connectivity index (χ0) is 21.8. The molecular weight excluding hydrogens is 396 g/mol. The largest absolute Gasteiger partial charge is 0.469 e. The Kier molecular flexibility index (Phi) is 5.97. The van der Waals surface area contributed by atoms with E-state index in [1.807, 2.05) is 43.3 Å². The van der Waals surface area contributed by atoms with Gasteiger partial charge >= 0.3 is 0 Å². The molecule has 0 unspecified atom stereocenters. The maximum atomic E-state index is 12.8. The topological polar surface area (TPSA) is 103 Å². The number of aryl methyl sites for hydroxylation is 2. The van der Waals surface area contributed by atoms with Crippen LogP contribution in [0.15, 0.2) is 62.7 Å². The van der Waals surface area contributed by atoms with Crippen molar-refractivity contribution in [3.63, 3.8) is 0 Å². The number of fused-ring (bicyclic) bond motifs is 1. The molecule has 0 fully saturated rings. The number of benzene rings is 1. The number of furan rings is 1. The van der Waals surface area contributed by atoms with Crippen molar-refractivity contribution in [3.05, 3.63) is 70.7 Å². The summed E-state index contributed by atoms with van der Waals surface area (Å²) in [6, 6.07) is 11.5. The Hall–Kier alpha value is -3.68. The molecule has 0 aliphatic rings. The van der Waals surface area contributed by atoms with E-state index < -0.39 is 0 Å². The molecule has 1 atom stereocenters. The lowest BCUT2D eigenvalue weighted by Crippen LogP contribution is -2.35. The van der Waals surface area contributed by atoms with Crippen molar-refractivity contribution in [2.45, 2.75) is 45.7 Å². The van der Waals surface area contributed by atoms with E-state index in [2.05, 4.69) is 22.4 Å². The maximum Gasteiger partial charge on any atom is 0.299 e. The molecule has 3 aromatic heterocycles. The molecule has 4 aromatic rings. The second-order valence-electron chi connectivity index (χ2n) is 7.50. The summed E-state index contributed by atoms with van der Waals surface area (Å²) < 4.78 is 12.0. The third-order valence-electron chi connectivity index (χ3n) is 5.16. The number of rotatable bonds is 8. The first-order valence-corrected chi connectivity index (χ1v) is 10.3. The SMILES string of the molecule is CCc1ccc(-c2noc3c(=O)n(CCC(=O)N[C@H](C)Cc4ccco4)cnc23)cc1. The van der Waals surface area contributed by atoms with Crippen LogP contribution in [0.1, 0.15) is 31.6 Å². The molecule has 0 aliphatic heterocycles. The Balaban J connectivity index is 1.43. The summed E-state index contributed by atoms with van der Waals surface area (Å²) in [6.45, 7) is 4.19. The Morgan fingerprint density at radius 3 is 2.74 bits per heavy atom. The van der Waals surface area contributed by atoms with Crippen LogP contribution >= 0.6 is 0 Å². The van der Waals surface area contributed by atoms with Gasteiger partial charge in [0.15, 0.2) is 0 Å². The van der Waals surface area contributed by atoms with E-state index in [0.29, 0.717) is 17.6 Å². The summed E-state index contributed by atoms with van der Waals surface area (Å²) in [5.74, 6) is 0.657. The molecule has 1 amide bonds. The molecule has 160 valence electrons. The van der Waals surface area contributed by atoms with Crippen LogP contribution in [0.25, 0.3) is 22.4 Å². The molecular formula is C23H24N4O4. The summed E-state index contributed by atoms with van der Waals surface area (Å²) in [5, 5.41) is 6.96. The molecule has 0 bridgehead atoms. The van der Waals surface area contributed by atoms with Crippen molar-refractivity contribution in [1.29, 1.82) is 0 Å². The average molecular weight is 420 g/mol. The highest BCUT2D eigenvalue weighted by Crippen LogP contribution is 2.24. The van der Waals surface area contributed by atoms with Gasteiger partial charge in [0.25, 0.3) is 11.1 Å². The van der Waals surface area contributed by atoms with E-state index in [9.17, 15) is 9.59 Å². The maximum absolute atomic E-state index is 12.8. The van der Waals surface area contributed by atoms with Crippen LogP contribution in [-0.4, -0.2) is 26.7 Å². The Bertz CT molecular complexity index is 1220. The number of carbonyl (C=O) groups excluding carboxylic acids is 1. The molecule has 0 saturated heterocycles. The molecule has 4 rings (SSSR count). The third kappa shape index (κ3) is 4.58. The monoisotopic (exact) mass is 420 g/mol. The van der Waals surface area contributed by atoms with Gasteiger partial charge in [0.2, 0.25) is 5.91 Å². The number of hydrogen-bond donors (Lipinski definition) is 1. The highest BCUT2D eigenvalue weighted by molar-refractivity contribution is 5.87. The van der Waals surface area contributed by atoms with Gasteiger partial charge in [0.05, 0.1) is 12.6 Å². The van der Waals surface area contributed by atoms with Crippen molar-refractivity contribution < 1.29 is 13.7 Å². The smallest absolute Gasteiger partial charge is 0.299 e. The van der Waals surface area contributed by atoms with Gasteiger partial charge in [-0.3, -0.25) is 14.2 Å². The molecule has 8 nitrogen and oxygen atoms in total. The second-order valence-corrected chi connectivity index (χ2v) is 7.50. The Morgan fingerprint density at radius 1 is 1.23 bits per heavy atom. The standard InChI is InChI=1S/C23H24N4O4/c1-3-16-6-8-17(9-7-16)20-21-22(31-26-20)23(29)27(14-24-21)11-10-19(28)25-15(2)13-18-5-4-12-30-18/h4-9,12,14-15H,3,10-11,13H2,1-2H3,(H,25,28)/t15-/m1/s1. The van der Waals surface area contributed by atoms with Gasteiger partial charge in [-0.05, 0) is 31.0 Å². The summed E-state index contributed by atoms with van der Waals surface area (Å²) in [5.41, 5.74) is 2.73. The zero-order valence-corrected chi connectivity index (χ0v) is 17.5. The highest BCUT2D eigenvalue weighted by Gasteiger charge is 2.17. The van der Waals surface area contributed by atoms with Crippen LogP contribution in [0.5, 0.6) is 0 Å². The Morgan fingerprint density at radius 2 is 2.03 bits per heavy atom. The summed E-state index contributed by atoms with van der Waals surface area (Å²) in [7, 11) is 0. The van der Waals surface area contributed by atoms with Crippen molar-refractivity contribution in [2.24, 2.45) is 0 Å². The van der Waals surface area contributed by atoms with E-state index >= 15 is 0 Å². The first-order chi connectivity index (χ1) is 15.0. The van der Waals surface area contributed by atoms with Crippen LogP contribution in [0.3, 0.4) is 0 Å². The molecule has 0 radical (unpaired) electrons. The number of carbonyl (C=O) groups is 1. The minimum Gasteiger partial charge on any atom is -0.469 e. The summed E-state index contributed by atoms with van der Waals surface area (Å²) in [6.07, 6.45) is 4.74. The van der Waals surface area contributed by atoms with Crippen molar-refractivity contribution >= 4 is 17.0 Å². The van der Waals surface area contributed by atoms with E-state index in [1.165, 1.54) is 16.5 Å².